The van der Waals surface area contributed by atoms with Crippen molar-refractivity contribution in [3.63, 3.8) is 0 Å². The maximum atomic E-state index is 13.2. The fourth-order valence-corrected chi connectivity index (χ4v) is 5.59. The van der Waals surface area contributed by atoms with E-state index in [1.807, 2.05) is 0 Å². The van der Waals surface area contributed by atoms with Gasteiger partial charge in [-0.05, 0) is 72.5 Å². The maximum absolute atomic E-state index is 13.2. The Morgan fingerprint density at radius 3 is 2.37 bits per heavy atom. The van der Waals surface area contributed by atoms with Crippen molar-refractivity contribution < 1.29 is 30.8 Å². The highest BCUT2D eigenvalue weighted by atomic mass is 32.2. The van der Waals surface area contributed by atoms with Gasteiger partial charge in [-0.3, -0.25) is 9.78 Å². The van der Waals surface area contributed by atoms with Crippen LogP contribution in [-0.4, -0.2) is 36.2 Å². The number of carbonyl (C=O) groups excluding carboxylic acids is 1. The lowest BCUT2D eigenvalue weighted by molar-refractivity contribution is -0.137. The number of benzene rings is 2. The van der Waals surface area contributed by atoms with Gasteiger partial charge in [0.2, 0.25) is 15.9 Å². The number of hydrogen-bond acceptors (Lipinski definition) is 4. The zero-order valence-electron chi connectivity index (χ0n) is 18.3. The van der Waals surface area contributed by atoms with Gasteiger partial charge in [0.25, 0.3) is 0 Å². The number of nitrogens with one attached hydrogen (secondary N) is 1. The number of amides is 1. The summed E-state index contributed by atoms with van der Waals surface area (Å²) in [6.45, 7) is 0.174. The normalized spacial score (nSPS) is 16.9. The lowest BCUT2D eigenvalue weighted by atomic mass is 10.0. The predicted molar refractivity (Wildman–Crippen MR) is 120 cm³/mol. The van der Waals surface area contributed by atoms with Crippen LogP contribution >= 0.6 is 0 Å². The molecule has 0 saturated carbocycles. The number of halogens is 4. The van der Waals surface area contributed by atoms with Crippen molar-refractivity contribution in [1.82, 2.24) is 14.6 Å². The molecule has 1 atom stereocenters. The first-order valence-electron chi connectivity index (χ1n) is 10.7. The molecular weight excluding hydrogens is 486 g/mol. The van der Waals surface area contributed by atoms with Crippen molar-refractivity contribution in [2.45, 2.75) is 36.5 Å². The monoisotopic (exact) mass is 507 g/mol. The van der Waals surface area contributed by atoms with E-state index in [4.69, 9.17) is 0 Å². The molecule has 2 heterocycles. The highest BCUT2D eigenvalue weighted by Crippen LogP contribution is 2.31. The van der Waals surface area contributed by atoms with E-state index in [0.717, 1.165) is 40.7 Å². The van der Waals surface area contributed by atoms with Gasteiger partial charge in [-0.2, -0.15) is 17.5 Å². The minimum absolute atomic E-state index is 0.00818. The highest BCUT2D eigenvalue weighted by molar-refractivity contribution is 7.89. The van der Waals surface area contributed by atoms with E-state index in [1.165, 1.54) is 18.3 Å². The third-order valence-corrected chi connectivity index (χ3v) is 7.65. The molecule has 11 heteroatoms. The maximum Gasteiger partial charge on any atom is 0.416 e. The molecule has 1 amide bonds. The molecule has 184 valence electrons. The molecule has 2 aromatic carbocycles. The van der Waals surface area contributed by atoms with E-state index in [0.29, 0.717) is 29.7 Å². The van der Waals surface area contributed by atoms with Crippen LogP contribution in [0.4, 0.5) is 17.6 Å². The first-order chi connectivity index (χ1) is 16.6. The van der Waals surface area contributed by atoms with Crippen LogP contribution in [0, 0.1) is 5.82 Å². The summed E-state index contributed by atoms with van der Waals surface area (Å²) in [6.07, 6.45) is -2.11. The minimum Gasteiger partial charge on any atom is -0.349 e. The average Bonchev–Trinajstić information content (AvgIpc) is 3.34. The second kappa shape index (κ2) is 9.74. The summed E-state index contributed by atoms with van der Waals surface area (Å²) in [6, 6.07) is 11.5. The fourth-order valence-electron chi connectivity index (χ4n) is 3.93. The van der Waals surface area contributed by atoms with E-state index in [9.17, 15) is 30.8 Å². The molecule has 1 aliphatic rings. The number of sulfonamides is 1. The summed E-state index contributed by atoms with van der Waals surface area (Å²) in [5.74, 6) is -1.05. The summed E-state index contributed by atoms with van der Waals surface area (Å²) >= 11 is 0. The third kappa shape index (κ3) is 5.51. The average molecular weight is 508 g/mol. The predicted octanol–water partition coefficient (Wildman–Crippen LogP) is 4.38. The molecule has 35 heavy (non-hydrogen) atoms. The number of aromatic nitrogens is 1. The molecule has 4 rings (SSSR count). The smallest absolute Gasteiger partial charge is 0.349 e. The summed E-state index contributed by atoms with van der Waals surface area (Å²) in [7, 11) is -3.98. The van der Waals surface area contributed by atoms with Gasteiger partial charge in [-0.1, -0.05) is 12.1 Å². The summed E-state index contributed by atoms with van der Waals surface area (Å²) in [5.41, 5.74) is 0.890. The molecule has 1 saturated heterocycles. The summed E-state index contributed by atoms with van der Waals surface area (Å²) in [5, 5.41) is 2.69. The number of alkyl halides is 3. The first kappa shape index (κ1) is 24.8. The minimum atomic E-state index is -4.43. The van der Waals surface area contributed by atoms with Crippen LogP contribution < -0.4 is 5.32 Å². The van der Waals surface area contributed by atoms with Crippen molar-refractivity contribution in [1.29, 1.82) is 0 Å². The Morgan fingerprint density at radius 2 is 1.71 bits per heavy atom. The van der Waals surface area contributed by atoms with E-state index in [1.54, 1.807) is 12.1 Å². The van der Waals surface area contributed by atoms with Crippen LogP contribution in [0.5, 0.6) is 0 Å². The van der Waals surface area contributed by atoms with Gasteiger partial charge >= 0.3 is 6.18 Å². The molecule has 0 spiro atoms. The number of carbonyl (C=O) groups is 1. The topological polar surface area (TPSA) is 79.4 Å². The molecule has 1 unspecified atom stereocenters. The van der Waals surface area contributed by atoms with Gasteiger partial charge in [0, 0.05) is 12.7 Å². The van der Waals surface area contributed by atoms with E-state index in [-0.39, 0.29) is 18.0 Å². The number of pyridine rings is 1. The van der Waals surface area contributed by atoms with Crippen LogP contribution in [-0.2, 0) is 27.5 Å². The molecule has 1 aliphatic heterocycles. The van der Waals surface area contributed by atoms with Crippen molar-refractivity contribution in [3.8, 4) is 11.1 Å². The lowest BCUT2D eigenvalue weighted by Gasteiger charge is -2.23. The molecule has 3 aromatic rings. The molecular formula is C24H21F4N3O3S. The van der Waals surface area contributed by atoms with Gasteiger partial charge in [-0.25, -0.2) is 12.8 Å². The van der Waals surface area contributed by atoms with Crippen molar-refractivity contribution in [2.24, 2.45) is 0 Å². The summed E-state index contributed by atoms with van der Waals surface area (Å²) in [4.78, 5) is 16.9. The SMILES string of the molecule is O=C(NCc1cc(-c2ccc(C(F)(F)F)cc2)ccn1)C1CCCN1S(=O)(=O)c1ccc(F)cc1. The Bertz CT molecular complexity index is 1310. The van der Waals surface area contributed by atoms with E-state index < -0.39 is 39.5 Å². The molecule has 1 fully saturated rings. The van der Waals surface area contributed by atoms with Crippen molar-refractivity contribution >= 4 is 15.9 Å². The zero-order chi connectivity index (χ0) is 25.2. The quantitative estimate of drug-likeness (QED) is 0.503. The Kier molecular flexibility index (Phi) is 6.91. The van der Waals surface area contributed by atoms with Gasteiger partial charge in [0.15, 0.2) is 0 Å². The Morgan fingerprint density at radius 1 is 1.03 bits per heavy atom. The van der Waals surface area contributed by atoms with E-state index >= 15 is 0 Å². The van der Waals surface area contributed by atoms with Gasteiger partial charge in [0.1, 0.15) is 11.9 Å². The number of hydrogen-bond donors (Lipinski definition) is 1. The highest BCUT2D eigenvalue weighted by Gasteiger charge is 2.39. The van der Waals surface area contributed by atoms with Crippen molar-refractivity contribution in [2.75, 3.05) is 6.54 Å². The molecule has 6 nitrogen and oxygen atoms in total. The molecule has 0 radical (unpaired) electrons. The largest absolute Gasteiger partial charge is 0.416 e. The van der Waals surface area contributed by atoms with Gasteiger partial charge in [-0.15, -0.1) is 0 Å². The molecule has 0 bridgehead atoms. The molecule has 0 aliphatic carbocycles. The first-order valence-corrected chi connectivity index (χ1v) is 12.2. The number of nitrogens with zero attached hydrogens (tertiary/aromatic N) is 2. The lowest BCUT2D eigenvalue weighted by Crippen LogP contribution is -2.45. The van der Waals surface area contributed by atoms with Crippen LogP contribution in [0.2, 0.25) is 0 Å². The van der Waals surface area contributed by atoms with Gasteiger partial charge < -0.3 is 5.32 Å². The van der Waals surface area contributed by atoms with E-state index in [2.05, 4.69) is 10.3 Å². The Labute approximate surface area is 199 Å². The van der Waals surface area contributed by atoms with Crippen molar-refractivity contribution in [3.05, 3.63) is 83.9 Å². The second-order valence-electron chi connectivity index (χ2n) is 8.06. The number of rotatable bonds is 6. The second-order valence-corrected chi connectivity index (χ2v) is 9.95. The standard InChI is InChI=1S/C24H21F4N3O3S/c25-19-7-9-21(10-8-19)35(33,34)31-13-1-2-22(31)23(32)30-15-20-14-17(11-12-29-20)16-3-5-18(6-4-16)24(26,27)28/h3-12,14,22H,1-2,13,15H2,(H,30,32). The van der Waals surface area contributed by atoms with Crippen LogP contribution in [0.15, 0.2) is 71.8 Å². The van der Waals surface area contributed by atoms with Gasteiger partial charge in [0.05, 0.1) is 22.7 Å². The van der Waals surface area contributed by atoms with Crippen LogP contribution in [0.25, 0.3) is 11.1 Å². The fraction of sp³-hybridized carbons (Fsp3) is 0.250. The Hall–Kier alpha value is -3.31. The van der Waals surface area contributed by atoms with Crippen LogP contribution in [0.3, 0.4) is 0 Å². The zero-order valence-corrected chi connectivity index (χ0v) is 19.1. The summed E-state index contributed by atoms with van der Waals surface area (Å²) < 4.78 is 78.6. The molecule has 1 aromatic heterocycles. The molecule has 1 N–H and O–H groups in total. The third-order valence-electron chi connectivity index (χ3n) is 5.73. The Balaban J connectivity index is 1.44. The van der Waals surface area contributed by atoms with Crippen LogP contribution in [0.1, 0.15) is 24.1 Å².